The Morgan fingerprint density at radius 2 is 1.79 bits per heavy atom. The number of amides is 1. The lowest BCUT2D eigenvalue weighted by Gasteiger charge is -2.06. The maximum atomic E-state index is 12.4. The first kappa shape index (κ1) is 23.5. The third-order valence-corrected chi connectivity index (χ3v) is 4.78. The fourth-order valence-electron chi connectivity index (χ4n) is 2.66. The van der Waals surface area contributed by atoms with Gasteiger partial charge in [-0.25, -0.2) is 4.79 Å². The minimum Gasteiger partial charge on any atom is -0.423 e. The second-order valence-electron chi connectivity index (χ2n) is 6.52. The topological polar surface area (TPSA) is 122 Å². The maximum absolute atomic E-state index is 12.4. The Hall–Kier alpha value is -4.19. The molecule has 0 atom stereocenters. The molecule has 0 radical (unpaired) electrons. The molecule has 1 amide bonds. The number of carbonyl (C=O) groups excluding carboxylic acids is 2. The van der Waals surface area contributed by atoms with E-state index >= 15 is 0 Å². The van der Waals surface area contributed by atoms with Crippen LogP contribution in [0.4, 0.5) is 11.4 Å². The van der Waals surface area contributed by atoms with Gasteiger partial charge in [0.05, 0.1) is 10.5 Å². The van der Waals surface area contributed by atoms with Crippen LogP contribution in [0.1, 0.15) is 15.9 Å². The number of nitrogens with one attached hydrogen (secondary N) is 1. The summed E-state index contributed by atoms with van der Waals surface area (Å²) < 4.78 is 5.28. The van der Waals surface area contributed by atoms with Crippen LogP contribution in [-0.4, -0.2) is 16.8 Å². The van der Waals surface area contributed by atoms with E-state index in [1.807, 2.05) is 0 Å². The Morgan fingerprint density at radius 1 is 1.06 bits per heavy atom. The van der Waals surface area contributed by atoms with Gasteiger partial charge in [0.2, 0.25) is 0 Å². The van der Waals surface area contributed by atoms with Gasteiger partial charge in [-0.05, 0) is 54.1 Å². The minimum absolute atomic E-state index is 0.0785. The Bertz CT molecular complexity index is 1310. The molecule has 0 aromatic heterocycles. The molecule has 0 aliphatic rings. The Labute approximate surface area is 197 Å². The Kier molecular flexibility index (Phi) is 7.41. The monoisotopic (exact) mass is 481 g/mol. The average Bonchev–Trinajstić information content (AvgIpc) is 2.79. The predicted molar refractivity (Wildman–Crippen MR) is 123 cm³/mol. The standard InChI is InChI=1S/C23H13Cl2N3O5/c24-17-3-1-2-15(11-17)23(30)33-19-7-4-14(5-8-19)10-16(13-26)22(29)27-18-6-9-20(25)21(12-18)28(31)32/h1-12H,(H,27,29)/b16-10+. The van der Waals surface area contributed by atoms with E-state index in [1.165, 1.54) is 36.4 Å². The average molecular weight is 482 g/mol. The number of esters is 1. The van der Waals surface area contributed by atoms with Gasteiger partial charge in [-0.2, -0.15) is 5.26 Å². The number of nitrogens with zero attached hydrogens (tertiary/aromatic N) is 2. The molecular weight excluding hydrogens is 469 g/mol. The number of carbonyl (C=O) groups is 2. The largest absolute Gasteiger partial charge is 0.423 e. The highest BCUT2D eigenvalue weighted by molar-refractivity contribution is 6.32. The fourth-order valence-corrected chi connectivity index (χ4v) is 3.03. The molecular formula is C23H13Cl2N3O5. The lowest BCUT2D eigenvalue weighted by atomic mass is 10.1. The van der Waals surface area contributed by atoms with Crippen molar-refractivity contribution in [2.75, 3.05) is 5.32 Å². The number of ether oxygens (including phenoxy) is 1. The first-order valence-corrected chi connectivity index (χ1v) is 9.97. The summed E-state index contributed by atoms with van der Waals surface area (Å²) in [7, 11) is 0. The molecule has 3 aromatic rings. The Balaban J connectivity index is 1.71. The first-order valence-electron chi connectivity index (χ1n) is 9.21. The normalized spacial score (nSPS) is 10.8. The van der Waals surface area contributed by atoms with Crippen molar-refractivity contribution in [1.82, 2.24) is 0 Å². The van der Waals surface area contributed by atoms with Crippen molar-refractivity contribution >= 4 is 52.5 Å². The van der Waals surface area contributed by atoms with Crippen LogP contribution < -0.4 is 10.1 Å². The van der Waals surface area contributed by atoms with Gasteiger partial charge < -0.3 is 10.1 Å². The van der Waals surface area contributed by atoms with Crippen molar-refractivity contribution in [3.63, 3.8) is 0 Å². The third kappa shape index (κ3) is 6.17. The molecule has 0 aliphatic heterocycles. The molecule has 33 heavy (non-hydrogen) atoms. The summed E-state index contributed by atoms with van der Waals surface area (Å²) in [4.78, 5) is 34.9. The molecule has 0 saturated heterocycles. The van der Waals surface area contributed by atoms with Crippen LogP contribution in [0.2, 0.25) is 10.0 Å². The number of anilines is 1. The van der Waals surface area contributed by atoms with Gasteiger partial charge in [0, 0.05) is 16.8 Å². The molecule has 0 fully saturated rings. The van der Waals surface area contributed by atoms with Crippen LogP contribution in [-0.2, 0) is 4.79 Å². The number of halogens is 2. The number of hydrogen-bond acceptors (Lipinski definition) is 6. The minimum atomic E-state index is -0.759. The number of nitro groups is 1. The number of benzene rings is 3. The van der Waals surface area contributed by atoms with Crippen molar-refractivity contribution in [3.05, 3.63) is 104 Å². The van der Waals surface area contributed by atoms with Crippen LogP contribution in [0, 0.1) is 21.4 Å². The van der Waals surface area contributed by atoms with Crippen LogP contribution >= 0.6 is 23.2 Å². The number of hydrogen-bond donors (Lipinski definition) is 1. The maximum Gasteiger partial charge on any atom is 0.343 e. The van der Waals surface area contributed by atoms with Crippen LogP contribution in [0.5, 0.6) is 5.75 Å². The van der Waals surface area contributed by atoms with Crippen molar-refractivity contribution in [2.24, 2.45) is 0 Å². The molecule has 0 aliphatic carbocycles. The predicted octanol–water partition coefficient (Wildman–Crippen LogP) is 5.67. The van der Waals surface area contributed by atoms with E-state index in [2.05, 4.69) is 5.32 Å². The summed E-state index contributed by atoms with van der Waals surface area (Å²) in [5.41, 5.74) is 0.278. The highest BCUT2D eigenvalue weighted by Crippen LogP contribution is 2.27. The van der Waals surface area contributed by atoms with Crippen LogP contribution in [0.25, 0.3) is 6.08 Å². The molecule has 3 rings (SSSR count). The first-order chi connectivity index (χ1) is 15.8. The molecule has 8 nitrogen and oxygen atoms in total. The van der Waals surface area contributed by atoms with Gasteiger partial charge in [-0.15, -0.1) is 0 Å². The molecule has 10 heteroatoms. The van der Waals surface area contributed by atoms with Crippen LogP contribution in [0.15, 0.2) is 72.3 Å². The van der Waals surface area contributed by atoms with E-state index in [9.17, 15) is 25.0 Å². The van der Waals surface area contributed by atoms with E-state index < -0.39 is 16.8 Å². The van der Waals surface area contributed by atoms with E-state index in [-0.39, 0.29) is 33.3 Å². The van der Waals surface area contributed by atoms with Crippen molar-refractivity contribution in [2.45, 2.75) is 0 Å². The van der Waals surface area contributed by atoms with Crippen molar-refractivity contribution < 1.29 is 19.2 Å². The number of nitro benzene ring substituents is 1. The lowest BCUT2D eigenvalue weighted by Crippen LogP contribution is -2.13. The lowest BCUT2D eigenvalue weighted by molar-refractivity contribution is -0.384. The molecule has 3 aromatic carbocycles. The molecule has 0 saturated carbocycles. The highest BCUT2D eigenvalue weighted by atomic mass is 35.5. The van der Waals surface area contributed by atoms with E-state index in [0.717, 1.165) is 6.07 Å². The summed E-state index contributed by atoms with van der Waals surface area (Å²) in [6, 6.07) is 18.0. The highest BCUT2D eigenvalue weighted by Gasteiger charge is 2.16. The number of rotatable bonds is 6. The molecule has 0 heterocycles. The van der Waals surface area contributed by atoms with Crippen LogP contribution in [0.3, 0.4) is 0 Å². The summed E-state index contributed by atoms with van der Waals surface area (Å²) in [6.07, 6.45) is 1.32. The van der Waals surface area contributed by atoms with Gasteiger partial charge >= 0.3 is 5.97 Å². The second-order valence-corrected chi connectivity index (χ2v) is 7.36. The summed E-state index contributed by atoms with van der Waals surface area (Å²) in [5.74, 6) is -1.09. The fraction of sp³-hybridized carbons (Fsp3) is 0. The SMILES string of the molecule is N#C/C(=C\c1ccc(OC(=O)c2cccc(Cl)c2)cc1)C(=O)Nc1ccc(Cl)c([N+](=O)[O-])c1. The van der Waals surface area contributed by atoms with Gasteiger partial charge in [0.15, 0.2) is 0 Å². The third-order valence-electron chi connectivity index (χ3n) is 4.23. The van der Waals surface area contributed by atoms with Crippen molar-refractivity contribution in [3.8, 4) is 11.8 Å². The van der Waals surface area contributed by atoms with Gasteiger partial charge in [-0.3, -0.25) is 14.9 Å². The molecule has 1 N–H and O–H groups in total. The summed E-state index contributed by atoms with van der Waals surface area (Å²) in [5, 5.41) is 23.1. The zero-order valence-corrected chi connectivity index (χ0v) is 18.1. The molecule has 0 spiro atoms. The van der Waals surface area contributed by atoms with Gasteiger partial charge in [0.1, 0.15) is 22.4 Å². The zero-order valence-electron chi connectivity index (χ0n) is 16.6. The van der Waals surface area contributed by atoms with E-state index in [4.69, 9.17) is 27.9 Å². The smallest absolute Gasteiger partial charge is 0.343 e. The van der Waals surface area contributed by atoms with E-state index in [0.29, 0.717) is 10.6 Å². The molecule has 164 valence electrons. The summed E-state index contributed by atoms with van der Waals surface area (Å²) in [6.45, 7) is 0. The summed E-state index contributed by atoms with van der Waals surface area (Å²) >= 11 is 11.6. The Morgan fingerprint density at radius 3 is 2.42 bits per heavy atom. The zero-order chi connectivity index (χ0) is 24.0. The van der Waals surface area contributed by atoms with Crippen molar-refractivity contribution in [1.29, 1.82) is 5.26 Å². The van der Waals surface area contributed by atoms with E-state index in [1.54, 1.807) is 36.4 Å². The molecule has 0 unspecified atom stereocenters. The second kappa shape index (κ2) is 10.4. The molecule has 0 bridgehead atoms. The quantitative estimate of drug-likeness (QED) is 0.121. The van der Waals surface area contributed by atoms with Gasteiger partial charge in [-0.1, -0.05) is 41.4 Å². The van der Waals surface area contributed by atoms with Gasteiger partial charge in [0.25, 0.3) is 11.6 Å². The number of nitriles is 1.